The number of Topliss-reactive ketones (excluding diaryl/α,β-unsaturated/α-hetero) is 1. The number of carbonyl (C=O) groups is 3. The van der Waals surface area contributed by atoms with E-state index in [1.165, 1.54) is 23.4 Å². The minimum absolute atomic E-state index is 0.0616. The number of benzene rings is 1. The van der Waals surface area contributed by atoms with Gasteiger partial charge in [0.25, 0.3) is 5.91 Å². The van der Waals surface area contributed by atoms with E-state index in [1.54, 1.807) is 18.2 Å². The molecule has 3 aromatic rings. The van der Waals surface area contributed by atoms with Crippen LogP contribution in [0.3, 0.4) is 0 Å². The molecule has 1 fully saturated rings. The Hall–Kier alpha value is -3.88. The van der Waals surface area contributed by atoms with Crippen molar-refractivity contribution in [2.45, 2.75) is 18.9 Å². The molecule has 0 saturated heterocycles. The number of imidazole rings is 1. The number of furan rings is 1. The maximum atomic E-state index is 12.9. The molecule has 5 rings (SSSR count). The van der Waals surface area contributed by atoms with E-state index in [0.717, 1.165) is 0 Å². The number of aliphatic hydroxyl groups is 1. The lowest BCUT2D eigenvalue weighted by Crippen LogP contribution is -2.31. The minimum Gasteiger partial charge on any atom is -0.503 e. The first kappa shape index (κ1) is 17.2. The molecule has 1 unspecified atom stereocenters. The number of carboxylic acids is 1. The van der Waals surface area contributed by atoms with E-state index in [0.29, 0.717) is 29.6 Å². The van der Waals surface area contributed by atoms with E-state index < -0.39 is 23.7 Å². The van der Waals surface area contributed by atoms with Gasteiger partial charge in [-0.25, -0.2) is 9.78 Å². The molecule has 1 atom stereocenters. The SMILES string of the molecule is O=C(O)c1ccc(C2C(C(=O)C3CC3)=C(O)C(=O)N2c2ccc3nc[nH]c3c2)o1. The molecule has 3 N–H and O–H groups in total. The number of aromatic nitrogens is 2. The lowest BCUT2D eigenvalue weighted by atomic mass is 9.98. The van der Waals surface area contributed by atoms with Crippen LogP contribution in [0.4, 0.5) is 5.69 Å². The number of ketones is 1. The third-order valence-electron chi connectivity index (χ3n) is 5.21. The first-order valence-electron chi connectivity index (χ1n) is 9.02. The number of fused-ring (bicyclic) bond motifs is 1. The van der Waals surface area contributed by atoms with Crippen molar-refractivity contribution >= 4 is 34.4 Å². The Morgan fingerprint density at radius 3 is 2.69 bits per heavy atom. The number of carboxylic acid groups (broad SMARTS) is 1. The number of anilines is 1. The van der Waals surface area contributed by atoms with Crippen molar-refractivity contribution in [2.24, 2.45) is 5.92 Å². The second kappa shape index (κ2) is 6.06. The molecule has 0 bridgehead atoms. The second-order valence-corrected chi connectivity index (χ2v) is 7.09. The summed E-state index contributed by atoms with van der Waals surface area (Å²) in [6.45, 7) is 0. The molecule has 0 radical (unpaired) electrons. The lowest BCUT2D eigenvalue weighted by molar-refractivity contribution is -0.118. The van der Waals surface area contributed by atoms with Gasteiger partial charge in [-0.1, -0.05) is 0 Å². The Morgan fingerprint density at radius 1 is 1.21 bits per heavy atom. The van der Waals surface area contributed by atoms with E-state index in [9.17, 15) is 24.6 Å². The zero-order valence-corrected chi connectivity index (χ0v) is 15.0. The first-order chi connectivity index (χ1) is 14.0. The van der Waals surface area contributed by atoms with Crippen LogP contribution in [0.1, 0.15) is 35.2 Å². The summed E-state index contributed by atoms with van der Waals surface area (Å²) in [5.74, 6) is -3.44. The van der Waals surface area contributed by atoms with Gasteiger partial charge >= 0.3 is 5.97 Å². The van der Waals surface area contributed by atoms with Crippen LogP contribution in [-0.2, 0) is 9.59 Å². The van der Waals surface area contributed by atoms with Gasteiger partial charge < -0.3 is 19.6 Å². The van der Waals surface area contributed by atoms with Gasteiger partial charge in [0, 0.05) is 11.6 Å². The summed E-state index contributed by atoms with van der Waals surface area (Å²) >= 11 is 0. The third-order valence-corrected chi connectivity index (χ3v) is 5.21. The smallest absolute Gasteiger partial charge is 0.371 e. The van der Waals surface area contributed by atoms with Crippen molar-refractivity contribution in [1.82, 2.24) is 9.97 Å². The van der Waals surface area contributed by atoms with Crippen LogP contribution in [0, 0.1) is 5.92 Å². The number of aromatic carboxylic acids is 1. The van der Waals surface area contributed by atoms with Crippen LogP contribution in [0.2, 0.25) is 0 Å². The molecule has 2 aromatic heterocycles. The van der Waals surface area contributed by atoms with Crippen molar-refractivity contribution in [3.8, 4) is 0 Å². The molecule has 29 heavy (non-hydrogen) atoms. The topological polar surface area (TPSA) is 137 Å². The van der Waals surface area contributed by atoms with Crippen LogP contribution < -0.4 is 4.90 Å². The van der Waals surface area contributed by atoms with Crippen molar-refractivity contribution < 1.29 is 29.0 Å². The fourth-order valence-corrected chi connectivity index (χ4v) is 3.65. The highest BCUT2D eigenvalue weighted by Crippen LogP contribution is 2.45. The predicted octanol–water partition coefficient (Wildman–Crippen LogP) is 2.73. The first-order valence-corrected chi connectivity index (χ1v) is 9.02. The number of aliphatic hydroxyl groups excluding tert-OH is 1. The van der Waals surface area contributed by atoms with Crippen molar-refractivity contribution in [3.63, 3.8) is 0 Å². The van der Waals surface area contributed by atoms with Crippen LogP contribution in [0.5, 0.6) is 0 Å². The van der Waals surface area contributed by atoms with Crippen molar-refractivity contribution in [2.75, 3.05) is 4.90 Å². The third kappa shape index (κ3) is 2.62. The summed E-state index contributed by atoms with van der Waals surface area (Å²) in [6, 6.07) is 6.63. The normalized spacial score (nSPS) is 19.4. The minimum atomic E-state index is -1.27. The average molecular weight is 393 g/mol. The zero-order valence-electron chi connectivity index (χ0n) is 15.0. The van der Waals surface area contributed by atoms with E-state index >= 15 is 0 Å². The number of aromatic amines is 1. The van der Waals surface area contributed by atoms with Crippen LogP contribution >= 0.6 is 0 Å². The van der Waals surface area contributed by atoms with Crippen molar-refractivity contribution in [1.29, 1.82) is 0 Å². The van der Waals surface area contributed by atoms with Gasteiger partial charge in [0.05, 0.1) is 22.9 Å². The molecule has 1 saturated carbocycles. The standard InChI is InChI=1S/C20H15N3O6/c24-17(9-1-2-9)15-16(13-5-6-14(29-13)20(27)28)23(19(26)18(15)25)10-3-4-11-12(7-10)22-8-21-11/h3-9,16,25H,1-2H2,(H,21,22)(H,27,28). The highest BCUT2D eigenvalue weighted by atomic mass is 16.4. The molecule has 9 heteroatoms. The Morgan fingerprint density at radius 2 is 2.00 bits per heavy atom. The van der Waals surface area contributed by atoms with Crippen LogP contribution in [-0.4, -0.2) is 37.8 Å². The fourth-order valence-electron chi connectivity index (χ4n) is 3.65. The number of hydrogen-bond acceptors (Lipinski definition) is 6. The summed E-state index contributed by atoms with van der Waals surface area (Å²) in [6.07, 6.45) is 2.89. The van der Waals surface area contributed by atoms with Gasteiger partial charge in [-0.3, -0.25) is 14.5 Å². The number of rotatable bonds is 5. The van der Waals surface area contributed by atoms with Gasteiger partial charge in [-0.05, 0) is 43.2 Å². The molecule has 3 heterocycles. The number of H-pyrrole nitrogens is 1. The molecule has 9 nitrogen and oxygen atoms in total. The fraction of sp³-hybridized carbons (Fsp3) is 0.200. The number of carbonyl (C=O) groups excluding carboxylic acids is 2. The van der Waals surface area contributed by atoms with Gasteiger partial charge in [0.2, 0.25) is 5.76 Å². The summed E-state index contributed by atoms with van der Waals surface area (Å²) in [5.41, 5.74) is 1.71. The zero-order chi connectivity index (χ0) is 20.3. The van der Waals surface area contributed by atoms with Gasteiger partial charge in [0.15, 0.2) is 11.5 Å². The monoisotopic (exact) mass is 393 g/mol. The summed E-state index contributed by atoms with van der Waals surface area (Å²) in [5, 5.41) is 19.7. The summed E-state index contributed by atoms with van der Waals surface area (Å²) in [7, 11) is 0. The quantitative estimate of drug-likeness (QED) is 0.606. The van der Waals surface area contributed by atoms with E-state index in [1.807, 2.05) is 0 Å². The second-order valence-electron chi connectivity index (χ2n) is 7.09. The molecular weight excluding hydrogens is 378 g/mol. The molecular formula is C20H15N3O6. The van der Waals surface area contributed by atoms with Gasteiger partial charge in [0.1, 0.15) is 11.8 Å². The maximum absolute atomic E-state index is 12.9. The number of hydrogen-bond donors (Lipinski definition) is 3. The van der Waals surface area contributed by atoms with Gasteiger partial charge in [-0.15, -0.1) is 0 Å². The number of nitrogens with zero attached hydrogens (tertiary/aromatic N) is 2. The molecule has 0 spiro atoms. The number of nitrogens with one attached hydrogen (secondary N) is 1. The number of amides is 1. The van der Waals surface area contributed by atoms with Gasteiger partial charge in [-0.2, -0.15) is 0 Å². The molecule has 1 aliphatic heterocycles. The molecule has 146 valence electrons. The molecule has 1 amide bonds. The lowest BCUT2D eigenvalue weighted by Gasteiger charge is -2.25. The molecule has 2 aliphatic rings. The van der Waals surface area contributed by atoms with Crippen LogP contribution in [0.25, 0.3) is 11.0 Å². The largest absolute Gasteiger partial charge is 0.503 e. The molecule has 1 aliphatic carbocycles. The van der Waals surface area contributed by atoms with E-state index in [2.05, 4.69) is 9.97 Å². The average Bonchev–Trinajstić information content (AvgIpc) is 3.14. The Kier molecular flexibility index (Phi) is 3.60. The highest BCUT2D eigenvalue weighted by Gasteiger charge is 2.49. The van der Waals surface area contributed by atoms with Crippen molar-refractivity contribution in [3.05, 3.63) is 59.5 Å². The maximum Gasteiger partial charge on any atom is 0.371 e. The van der Waals surface area contributed by atoms with E-state index in [4.69, 9.17) is 4.42 Å². The molecule has 1 aromatic carbocycles. The Bertz CT molecular complexity index is 1220. The summed E-state index contributed by atoms with van der Waals surface area (Å²) < 4.78 is 5.42. The highest BCUT2D eigenvalue weighted by molar-refractivity contribution is 6.17. The Labute approximate surface area is 163 Å². The van der Waals surface area contributed by atoms with Crippen LogP contribution in [0.15, 0.2) is 52.4 Å². The predicted molar refractivity (Wildman–Crippen MR) is 99.4 cm³/mol. The Balaban J connectivity index is 1.66. The van der Waals surface area contributed by atoms with E-state index in [-0.39, 0.29) is 28.8 Å². The summed E-state index contributed by atoms with van der Waals surface area (Å²) in [4.78, 5) is 45.4.